The third-order valence-corrected chi connectivity index (χ3v) is 5.73. The zero-order valence-corrected chi connectivity index (χ0v) is 18.9. The minimum atomic E-state index is -0.486. The van der Waals surface area contributed by atoms with E-state index in [1.165, 1.54) is 0 Å². The lowest BCUT2D eigenvalue weighted by atomic mass is 10.0. The van der Waals surface area contributed by atoms with E-state index >= 15 is 0 Å². The van der Waals surface area contributed by atoms with Gasteiger partial charge in [0.1, 0.15) is 5.76 Å². The number of amides is 1. The number of hydrogen-bond acceptors (Lipinski definition) is 5. The minimum Gasteiger partial charge on any atom is -0.465 e. The second kappa shape index (κ2) is 8.99. The first-order chi connectivity index (χ1) is 15.4. The number of nitrogens with zero attached hydrogens (tertiary/aromatic N) is 2. The molecule has 4 rings (SSSR count). The van der Waals surface area contributed by atoms with Crippen LogP contribution in [0.1, 0.15) is 61.5 Å². The number of para-hydroxylation sites is 1. The molecule has 6 nitrogen and oxygen atoms in total. The first-order valence-corrected chi connectivity index (χ1v) is 11.0. The molecule has 0 aliphatic heterocycles. The van der Waals surface area contributed by atoms with Gasteiger partial charge >= 0.3 is 5.97 Å². The summed E-state index contributed by atoms with van der Waals surface area (Å²) >= 11 is 0. The van der Waals surface area contributed by atoms with Gasteiger partial charge in [0.05, 0.1) is 23.0 Å². The molecule has 6 heteroatoms. The van der Waals surface area contributed by atoms with Crippen molar-refractivity contribution >= 4 is 34.4 Å². The van der Waals surface area contributed by atoms with Crippen LogP contribution in [0.4, 0.5) is 0 Å². The quantitative estimate of drug-likeness (QED) is 0.506. The van der Waals surface area contributed by atoms with E-state index in [-0.39, 0.29) is 24.6 Å². The Balaban J connectivity index is 1.68. The van der Waals surface area contributed by atoms with E-state index in [0.29, 0.717) is 12.0 Å². The van der Waals surface area contributed by atoms with Crippen molar-refractivity contribution in [2.24, 2.45) is 0 Å². The second-order valence-electron chi connectivity index (χ2n) is 8.58. The number of hydrogen-bond donors (Lipinski definition) is 0. The van der Waals surface area contributed by atoms with Crippen molar-refractivity contribution < 1.29 is 18.7 Å². The van der Waals surface area contributed by atoms with E-state index < -0.39 is 5.97 Å². The van der Waals surface area contributed by atoms with Crippen molar-refractivity contribution in [3.05, 3.63) is 65.2 Å². The predicted molar refractivity (Wildman–Crippen MR) is 124 cm³/mol. The Labute approximate surface area is 187 Å². The second-order valence-corrected chi connectivity index (χ2v) is 8.58. The van der Waals surface area contributed by atoms with Crippen molar-refractivity contribution in [2.45, 2.75) is 52.6 Å². The van der Waals surface area contributed by atoms with Crippen LogP contribution in [-0.2, 0) is 16.0 Å². The molecule has 166 valence electrons. The maximum absolute atomic E-state index is 13.3. The Bertz CT molecular complexity index is 1170. The summed E-state index contributed by atoms with van der Waals surface area (Å²) in [6, 6.07) is 11.3. The summed E-state index contributed by atoms with van der Waals surface area (Å²) in [6.45, 7) is 7.53. The number of rotatable bonds is 6. The van der Waals surface area contributed by atoms with Crippen LogP contribution in [0, 0.1) is 0 Å². The number of allylic oxidation sites excluding steroid dienone is 1. The van der Waals surface area contributed by atoms with Crippen LogP contribution in [0.3, 0.4) is 0 Å². The summed E-state index contributed by atoms with van der Waals surface area (Å²) in [4.78, 5) is 32.5. The number of furan rings is 1. The lowest BCUT2D eigenvalue weighted by Crippen LogP contribution is -2.44. The molecule has 3 aromatic rings. The molecule has 0 radical (unpaired) electrons. The molecule has 1 aliphatic carbocycles. The monoisotopic (exact) mass is 432 g/mol. The van der Waals surface area contributed by atoms with Gasteiger partial charge in [-0.1, -0.05) is 18.2 Å². The standard InChI is InChI=1S/C26H28N2O4/c1-16(2)28(17(3)4)23(29)15-32-26(30)24-20-9-5-6-10-22(20)27-25-18(11-12-21(24)25)14-19-8-7-13-31-19/h5-10,13-14,16-17H,11-12,15H2,1-4H3. The Morgan fingerprint density at radius 3 is 2.53 bits per heavy atom. The van der Waals surface area contributed by atoms with Crippen molar-refractivity contribution in [1.82, 2.24) is 9.88 Å². The molecule has 2 aromatic heterocycles. The molecule has 0 bridgehead atoms. The average molecular weight is 433 g/mol. The van der Waals surface area contributed by atoms with Gasteiger partial charge in [0, 0.05) is 17.5 Å². The van der Waals surface area contributed by atoms with Gasteiger partial charge < -0.3 is 14.1 Å². The summed E-state index contributed by atoms with van der Waals surface area (Å²) in [5.74, 6) is 0.0664. The molecule has 1 aromatic carbocycles. The summed E-state index contributed by atoms with van der Waals surface area (Å²) in [5.41, 5.74) is 3.91. The van der Waals surface area contributed by atoms with E-state index in [2.05, 4.69) is 0 Å². The maximum Gasteiger partial charge on any atom is 0.339 e. The zero-order valence-electron chi connectivity index (χ0n) is 18.9. The molecule has 0 saturated heterocycles. The van der Waals surface area contributed by atoms with E-state index in [1.807, 2.05) is 70.2 Å². The van der Waals surface area contributed by atoms with Gasteiger partial charge in [-0.3, -0.25) is 4.79 Å². The first kappa shape index (κ1) is 21.8. The number of fused-ring (bicyclic) bond motifs is 2. The molecule has 0 saturated carbocycles. The molecule has 32 heavy (non-hydrogen) atoms. The highest BCUT2D eigenvalue weighted by molar-refractivity contribution is 6.07. The van der Waals surface area contributed by atoms with Crippen LogP contribution in [0.2, 0.25) is 0 Å². The smallest absolute Gasteiger partial charge is 0.339 e. The molecule has 1 aliphatic rings. The minimum absolute atomic E-state index is 0.0292. The number of esters is 1. The number of benzene rings is 1. The molecular weight excluding hydrogens is 404 g/mol. The number of pyridine rings is 1. The Hall–Kier alpha value is -3.41. The molecule has 0 atom stereocenters. The molecule has 0 fully saturated rings. The molecule has 1 amide bonds. The van der Waals surface area contributed by atoms with Crippen molar-refractivity contribution in [3.8, 4) is 0 Å². The largest absolute Gasteiger partial charge is 0.465 e. The van der Waals surface area contributed by atoms with E-state index in [0.717, 1.165) is 39.9 Å². The van der Waals surface area contributed by atoms with Gasteiger partial charge in [0.2, 0.25) is 0 Å². The van der Waals surface area contributed by atoms with E-state index in [1.54, 1.807) is 11.2 Å². The lowest BCUT2D eigenvalue weighted by molar-refractivity contribution is -0.138. The van der Waals surface area contributed by atoms with Gasteiger partial charge in [-0.25, -0.2) is 9.78 Å². The normalized spacial score (nSPS) is 14.4. The van der Waals surface area contributed by atoms with Crippen LogP contribution in [0.5, 0.6) is 0 Å². The Morgan fingerprint density at radius 2 is 1.84 bits per heavy atom. The number of carbonyl (C=O) groups is 2. The van der Waals surface area contributed by atoms with Gasteiger partial charge in [-0.15, -0.1) is 0 Å². The topological polar surface area (TPSA) is 72.6 Å². The number of ether oxygens (including phenoxy) is 1. The summed E-state index contributed by atoms with van der Waals surface area (Å²) in [5, 5.41) is 0.743. The van der Waals surface area contributed by atoms with Crippen LogP contribution in [-0.4, -0.2) is 40.5 Å². The number of aromatic nitrogens is 1. The van der Waals surface area contributed by atoms with Gasteiger partial charge in [-0.05, 0) is 75.9 Å². The van der Waals surface area contributed by atoms with Gasteiger partial charge in [0.25, 0.3) is 5.91 Å². The predicted octanol–water partition coefficient (Wildman–Crippen LogP) is 5.12. The van der Waals surface area contributed by atoms with Crippen molar-refractivity contribution in [2.75, 3.05) is 6.61 Å². The molecule has 0 spiro atoms. The maximum atomic E-state index is 13.3. The van der Waals surface area contributed by atoms with Crippen LogP contribution >= 0.6 is 0 Å². The van der Waals surface area contributed by atoms with Crippen molar-refractivity contribution in [1.29, 1.82) is 0 Å². The highest BCUT2D eigenvalue weighted by Crippen LogP contribution is 2.37. The highest BCUT2D eigenvalue weighted by atomic mass is 16.5. The number of carbonyl (C=O) groups excluding carboxylic acids is 2. The molecule has 0 unspecified atom stereocenters. The molecule has 0 N–H and O–H groups in total. The fourth-order valence-electron chi connectivity index (χ4n) is 4.50. The average Bonchev–Trinajstić information content (AvgIpc) is 3.40. The Morgan fingerprint density at radius 1 is 1.09 bits per heavy atom. The van der Waals surface area contributed by atoms with Crippen LogP contribution in [0.15, 0.2) is 47.1 Å². The fraction of sp³-hybridized carbons (Fsp3) is 0.346. The third kappa shape index (κ3) is 4.17. The van der Waals surface area contributed by atoms with Crippen LogP contribution < -0.4 is 0 Å². The lowest BCUT2D eigenvalue weighted by Gasteiger charge is -2.30. The Kier molecular flexibility index (Phi) is 6.12. The van der Waals surface area contributed by atoms with E-state index in [9.17, 15) is 9.59 Å². The van der Waals surface area contributed by atoms with Crippen LogP contribution in [0.25, 0.3) is 22.6 Å². The van der Waals surface area contributed by atoms with Crippen molar-refractivity contribution in [3.63, 3.8) is 0 Å². The molecule has 2 heterocycles. The SMILES string of the molecule is CC(C)N(C(=O)COC(=O)c1c2c(nc3ccccc13)C(=Cc1ccco1)CC2)C(C)C. The van der Waals surface area contributed by atoms with Gasteiger partial charge in [-0.2, -0.15) is 0 Å². The van der Waals surface area contributed by atoms with E-state index in [4.69, 9.17) is 14.1 Å². The summed E-state index contributed by atoms with van der Waals surface area (Å²) in [6.07, 6.45) is 5.04. The zero-order chi connectivity index (χ0) is 22.8. The summed E-state index contributed by atoms with van der Waals surface area (Å²) in [7, 11) is 0. The van der Waals surface area contributed by atoms with Gasteiger partial charge in [0.15, 0.2) is 6.61 Å². The highest BCUT2D eigenvalue weighted by Gasteiger charge is 2.29. The summed E-state index contributed by atoms with van der Waals surface area (Å²) < 4.78 is 11.0. The fourth-order valence-corrected chi connectivity index (χ4v) is 4.50. The molecular formula is C26H28N2O4. The first-order valence-electron chi connectivity index (χ1n) is 11.0. The third-order valence-electron chi connectivity index (χ3n) is 5.73.